The van der Waals surface area contributed by atoms with Crippen LogP contribution in [0, 0.1) is 0 Å². The molecule has 2 aromatic heterocycles. The van der Waals surface area contributed by atoms with Crippen LogP contribution < -0.4 is 16.4 Å². The van der Waals surface area contributed by atoms with Crippen molar-refractivity contribution in [3.05, 3.63) is 75.1 Å². The Kier molecular flexibility index (Phi) is 7.26. The van der Waals surface area contributed by atoms with Gasteiger partial charge in [-0.25, -0.2) is 15.0 Å². The van der Waals surface area contributed by atoms with Crippen molar-refractivity contribution < 1.29 is 4.79 Å². The van der Waals surface area contributed by atoms with Crippen LogP contribution in [0.25, 0.3) is 22.8 Å². The molecule has 5 N–H and O–H groups in total. The highest BCUT2D eigenvalue weighted by Gasteiger charge is 2.21. The van der Waals surface area contributed by atoms with E-state index in [0.29, 0.717) is 34.3 Å². The van der Waals surface area contributed by atoms with E-state index in [1.165, 1.54) is 0 Å². The Morgan fingerprint density at radius 3 is 2.92 bits per heavy atom. The molecule has 1 amide bonds. The molecule has 5 rings (SSSR count). The smallest absolute Gasteiger partial charge is 0.253 e. The first-order valence-corrected chi connectivity index (χ1v) is 12.7. The Bertz CT molecular complexity index is 1400. The summed E-state index contributed by atoms with van der Waals surface area (Å²) < 4.78 is 0.813. The molecule has 0 bridgehead atoms. The van der Waals surface area contributed by atoms with Gasteiger partial charge in [0.1, 0.15) is 5.82 Å². The summed E-state index contributed by atoms with van der Waals surface area (Å²) in [5.74, 6) is 1.56. The van der Waals surface area contributed by atoms with Crippen molar-refractivity contribution in [1.29, 1.82) is 0 Å². The van der Waals surface area contributed by atoms with Gasteiger partial charge in [-0.1, -0.05) is 45.7 Å². The minimum atomic E-state index is -0.249. The summed E-state index contributed by atoms with van der Waals surface area (Å²) in [6.45, 7) is 2.22. The molecule has 2 aromatic carbocycles. The van der Waals surface area contributed by atoms with Gasteiger partial charge in [0.05, 0.1) is 22.5 Å². The largest absolute Gasteiger partial charge is 0.382 e. The third-order valence-corrected chi connectivity index (χ3v) is 6.86. The molecule has 1 aliphatic rings. The molecule has 36 heavy (non-hydrogen) atoms. The van der Waals surface area contributed by atoms with Crippen molar-refractivity contribution >= 4 is 39.3 Å². The number of carbonyl (C=O) groups is 1. The molecule has 0 radical (unpaired) electrons. The van der Waals surface area contributed by atoms with Gasteiger partial charge in [-0.05, 0) is 49.2 Å². The number of nitrogens with two attached hydrogens (primary N) is 1. The Balaban J connectivity index is 1.33. The third-order valence-electron chi connectivity index (χ3n) is 6.05. The highest BCUT2D eigenvalue weighted by atomic mass is 79.9. The molecule has 0 saturated carbocycles. The Morgan fingerprint density at radius 2 is 2.11 bits per heavy atom. The highest BCUT2D eigenvalue weighted by molar-refractivity contribution is 9.10. The van der Waals surface area contributed by atoms with Crippen LogP contribution in [0.5, 0.6) is 0 Å². The van der Waals surface area contributed by atoms with Crippen molar-refractivity contribution in [2.75, 3.05) is 18.8 Å². The average Bonchev–Trinajstić information content (AvgIpc) is 3.38. The van der Waals surface area contributed by atoms with E-state index in [1.54, 1.807) is 24.4 Å². The maximum absolute atomic E-state index is 12.6. The SMILES string of the molecule is Nc1ncc(-c2cccc(CNC(=O)c3ccc(Br)cc3Cl)c2)nc1-c1n[nH]c(C2CCCNC2)n1. The third kappa shape index (κ3) is 5.40. The van der Waals surface area contributed by atoms with Gasteiger partial charge in [0.2, 0.25) is 5.82 Å². The normalized spacial score (nSPS) is 15.6. The number of carbonyl (C=O) groups excluding carboxylic acids is 1. The number of aromatic nitrogens is 5. The van der Waals surface area contributed by atoms with Gasteiger partial charge >= 0.3 is 0 Å². The molecule has 1 saturated heterocycles. The fourth-order valence-corrected chi connectivity index (χ4v) is 4.90. The van der Waals surface area contributed by atoms with Crippen molar-refractivity contribution in [2.24, 2.45) is 0 Å². The van der Waals surface area contributed by atoms with Crippen molar-refractivity contribution in [1.82, 2.24) is 35.8 Å². The topological polar surface area (TPSA) is 134 Å². The molecular formula is C25H24BrClN8O. The lowest BCUT2D eigenvalue weighted by atomic mass is 9.99. The number of nitrogens with one attached hydrogen (secondary N) is 3. The minimum Gasteiger partial charge on any atom is -0.382 e. The van der Waals surface area contributed by atoms with Gasteiger partial charge in [0.25, 0.3) is 5.91 Å². The van der Waals surface area contributed by atoms with Crippen molar-refractivity contribution in [3.63, 3.8) is 0 Å². The Hall–Kier alpha value is -3.34. The van der Waals surface area contributed by atoms with Gasteiger partial charge in [-0.2, -0.15) is 5.10 Å². The van der Waals surface area contributed by atoms with Gasteiger partial charge in [-0.3, -0.25) is 9.89 Å². The van der Waals surface area contributed by atoms with Crippen LogP contribution in [0.15, 0.2) is 53.1 Å². The number of aromatic amines is 1. The number of anilines is 1. The fraction of sp³-hybridized carbons (Fsp3) is 0.240. The number of hydrogen-bond donors (Lipinski definition) is 4. The zero-order valence-electron chi connectivity index (χ0n) is 19.3. The minimum absolute atomic E-state index is 0.249. The lowest BCUT2D eigenvalue weighted by Gasteiger charge is -2.20. The Morgan fingerprint density at radius 1 is 1.22 bits per heavy atom. The van der Waals surface area contributed by atoms with E-state index in [-0.39, 0.29) is 17.6 Å². The van der Waals surface area contributed by atoms with E-state index < -0.39 is 0 Å². The number of H-pyrrole nitrogens is 1. The number of halogens is 2. The van der Waals surface area contributed by atoms with E-state index in [2.05, 4.69) is 46.7 Å². The van der Waals surface area contributed by atoms with Crippen molar-refractivity contribution in [2.45, 2.75) is 25.3 Å². The molecule has 9 nitrogen and oxygen atoms in total. The summed E-state index contributed by atoms with van der Waals surface area (Å²) in [7, 11) is 0. The molecule has 0 aliphatic carbocycles. The number of nitrogens with zero attached hydrogens (tertiary/aromatic N) is 4. The summed E-state index contributed by atoms with van der Waals surface area (Å²) in [6, 6.07) is 12.9. The second kappa shape index (κ2) is 10.7. The monoisotopic (exact) mass is 566 g/mol. The number of nitrogen functional groups attached to an aromatic ring is 1. The Labute approximate surface area is 221 Å². The maximum atomic E-state index is 12.6. The molecule has 184 valence electrons. The number of rotatable bonds is 6. The lowest BCUT2D eigenvalue weighted by Crippen LogP contribution is -2.28. The van der Waals surface area contributed by atoms with Crippen LogP contribution in [0.1, 0.15) is 40.5 Å². The molecule has 1 unspecified atom stereocenters. The first-order chi connectivity index (χ1) is 17.5. The fourth-order valence-electron chi connectivity index (χ4n) is 4.14. The molecule has 1 fully saturated rings. The van der Waals surface area contributed by atoms with Gasteiger partial charge < -0.3 is 16.4 Å². The zero-order chi connectivity index (χ0) is 25.1. The van der Waals surface area contributed by atoms with E-state index in [1.807, 2.05) is 24.3 Å². The van der Waals surface area contributed by atoms with E-state index in [0.717, 1.165) is 47.4 Å². The summed E-state index contributed by atoms with van der Waals surface area (Å²) in [6.07, 6.45) is 3.78. The predicted molar refractivity (Wildman–Crippen MR) is 142 cm³/mol. The van der Waals surface area contributed by atoms with Crippen LogP contribution in [0.3, 0.4) is 0 Å². The average molecular weight is 568 g/mol. The van der Waals surface area contributed by atoms with Gasteiger partial charge in [0, 0.05) is 29.0 Å². The van der Waals surface area contributed by atoms with Crippen molar-refractivity contribution in [3.8, 4) is 22.8 Å². The van der Waals surface area contributed by atoms with Crippen LogP contribution in [-0.2, 0) is 6.54 Å². The number of hydrogen-bond acceptors (Lipinski definition) is 7. The molecule has 3 heterocycles. The quantitative estimate of drug-likeness (QED) is 0.272. The van der Waals surface area contributed by atoms with Gasteiger partial charge in [0.15, 0.2) is 11.5 Å². The first-order valence-electron chi connectivity index (χ1n) is 11.6. The van der Waals surface area contributed by atoms with Crippen LogP contribution in [0.2, 0.25) is 5.02 Å². The predicted octanol–water partition coefficient (Wildman–Crippen LogP) is 4.32. The zero-order valence-corrected chi connectivity index (χ0v) is 21.6. The van der Waals surface area contributed by atoms with Crippen LogP contribution in [0.4, 0.5) is 5.82 Å². The molecule has 0 spiro atoms. The van der Waals surface area contributed by atoms with E-state index in [4.69, 9.17) is 22.3 Å². The second-order valence-corrected chi connectivity index (χ2v) is 9.91. The summed E-state index contributed by atoms with van der Waals surface area (Å²) in [4.78, 5) is 26.3. The number of benzene rings is 2. The van der Waals surface area contributed by atoms with E-state index in [9.17, 15) is 4.79 Å². The molecule has 1 atom stereocenters. The lowest BCUT2D eigenvalue weighted by molar-refractivity contribution is 0.0951. The van der Waals surface area contributed by atoms with Crippen LogP contribution in [-0.4, -0.2) is 44.1 Å². The summed E-state index contributed by atoms with van der Waals surface area (Å²) in [5.41, 5.74) is 9.36. The molecule has 4 aromatic rings. The standard InChI is InChI=1S/C25H24BrClN8O/c26-17-6-7-18(19(27)10-17)25(36)31-11-14-3-1-4-15(9-14)20-13-30-22(28)21(32-20)24-33-23(34-35-24)16-5-2-8-29-12-16/h1,3-4,6-7,9-10,13,16,29H,2,5,8,11-12H2,(H2,28,30)(H,31,36)(H,33,34,35). The summed E-state index contributed by atoms with van der Waals surface area (Å²) >= 11 is 9.55. The first kappa shape index (κ1) is 24.4. The second-order valence-electron chi connectivity index (χ2n) is 8.58. The molecule has 11 heteroatoms. The molecule has 1 aliphatic heterocycles. The van der Waals surface area contributed by atoms with Gasteiger partial charge in [-0.15, -0.1) is 0 Å². The summed E-state index contributed by atoms with van der Waals surface area (Å²) in [5, 5.41) is 14.1. The highest BCUT2D eigenvalue weighted by Crippen LogP contribution is 2.27. The molecular weight excluding hydrogens is 544 g/mol. The number of amides is 1. The maximum Gasteiger partial charge on any atom is 0.253 e. The van der Waals surface area contributed by atoms with Crippen LogP contribution >= 0.6 is 27.5 Å². The van der Waals surface area contributed by atoms with E-state index >= 15 is 0 Å². The number of piperidine rings is 1.